The van der Waals surface area contributed by atoms with Crippen molar-refractivity contribution in [1.82, 2.24) is 5.43 Å². The summed E-state index contributed by atoms with van der Waals surface area (Å²) in [4.78, 5) is 0. The summed E-state index contributed by atoms with van der Waals surface area (Å²) in [6, 6.07) is 0.580. The summed E-state index contributed by atoms with van der Waals surface area (Å²) < 4.78 is 0. The van der Waals surface area contributed by atoms with Gasteiger partial charge in [0, 0.05) is 6.04 Å². The summed E-state index contributed by atoms with van der Waals surface area (Å²) in [5.41, 5.74) is 3.00. The van der Waals surface area contributed by atoms with Crippen LogP contribution in [0.15, 0.2) is 0 Å². The zero-order chi connectivity index (χ0) is 11.6. The minimum absolute atomic E-state index is 0.580. The number of unbranched alkanes of at least 4 members (excludes halogenated alkanes) is 5. The van der Waals surface area contributed by atoms with E-state index < -0.39 is 0 Å². The molecule has 1 saturated carbocycles. The smallest absolute Gasteiger partial charge is 0.0213 e. The van der Waals surface area contributed by atoms with Gasteiger partial charge >= 0.3 is 0 Å². The van der Waals surface area contributed by atoms with Gasteiger partial charge in [0.25, 0.3) is 0 Å². The highest BCUT2D eigenvalue weighted by atomic mass is 15.2. The average molecular weight is 226 g/mol. The Labute approximate surface area is 101 Å². The van der Waals surface area contributed by atoms with E-state index in [0.717, 1.165) is 5.92 Å². The van der Waals surface area contributed by atoms with E-state index in [4.69, 9.17) is 5.84 Å². The predicted octanol–water partition coefficient (Wildman–Crippen LogP) is 3.76. The van der Waals surface area contributed by atoms with Gasteiger partial charge in [-0.15, -0.1) is 0 Å². The van der Waals surface area contributed by atoms with Gasteiger partial charge in [-0.25, -0.2) is 0 Å². The molecule has 0 heterocycles. The first-order valence-corrected chi connectivity index (χ1v) is 7.33. The van der Waals surface area contributed by atoms with E-state index in [2.05, 4.69) is 12.3 Å². The van der Waals surface area contributed by atoms with Gasteiger partial charge in [0.05, 0.1) is 0 Å². The van der Waals surface area contributed by atoms with Crippen LogP contribution in [0.5, 0.6) is 0 Å². The van der Waals surface area contributed by atoms with Crippen LogP contribution in [0.25, 0.3) is 0 Å². The van der Waals surface area contributed by atoms with E-state index in [0.29, 0.717) is 6.04 Å². The lowest BCUT2D eigenvalue weighted by Crippen LogP contribution is -2.37. The SMILES string of the molecule is CCCCCCCCC(CC1CCC1)NN. The molecule has 1 aliphatic carbocycles. The van der Waals surface area contributed by atoms with E-state index in [1.807, 2.05) is 0 Å². The van der Waals surface area contributed by atoms with Crippen molar-refractivity contribution in [3.63, 3.8) is 0 Å². The first kappa shape index (κ1) is 14.0. The molecule has 0 aromatic heterocycles. The Morgan fingerprint density at radius 2 is 1.81 bits per heavy atom. The predicted molar refractivity (Wildman–Crippen MR) is 71.1 cm³/mol. The molecule has 0 spiro atoms. The molecule has 1 fully saturated rings. The second-order valence-corrected chi connectivity index (χ2v) is 5.45. The Morgan fingerprint density at radius 3 is 2.38 bits per heavy atom. The van der Waals surface area contributed by atoms with Crippen molar-refractivity contribution >= 4 is 0 Å². The molecule has 16 heavy (non-hydrogen) atoms. The summed E-state index contributed by atoms with van der Waals surface area (Å²) in [6.45, 7) is 2.27. The number of hydrogen-bond acceptors (Lipinski definition) is 2. The number of rotatable bonds is 10. The molecule has 1 atom stereocenters. The van der Waals surface area contributed by atoms with Crippen LogP contribution in [0.4, 0.5) is 0 Å². The molecule has 2 nitrogen and oxygen atoms in total. The van der Waals surface area contributed by atoms with Gasteiger partial charge in [-0.3, -0.25) is 11.3 Å². The molecule has 0 aromatic carbocycles. The fraction of sp³-hybridized carbons (Fsp3) is 1.00. The molecule has 0 radical (unpaired) electrons. The van der Waals surface area contributed by atoms with E-state index in [9.17, 15) is 0 Å². The lowest BCUT2D eigenvalue weighted by molar-refractivity contribution is 0.252. The van der Waals surface area contributed by atoms with Crippen molar-refractivity contribution in [2.45, 2.75) is 83.6 Å². The van der Waals surface area contributed by atoms with Gasteiger partial charge < -0.3 is 0 Å². The molecule has 1 unspecified atom stereocenters. The number of nitrogens with one attached hydrogen (secondary N) is 1. The molecule has 0 amide bonds. The maximum absolute atomic E-state index is 5.61. The zero-order valence-electron chi connectivity index (χ0n) is 11.0. The molecule has 0 aliphatic heterocycles. The Kier molecular flexibility index (Phi) is 7.87. The second-order valence-electron chi connectivity index (χ2n) is 5.45. The van der Waals surface area contributed by atoms with Gasteiger partial charge in [0.1, 0.15) is 0 Å². The summed E-state index contributed by atoms with van der Waals surface area (Å²) in [7, 11) is 0. The summed E-state index contributed by atoms with van der Waals surface area (Å²) in [6.07, 6.45) is 15.2. The normalized spacial score (nSPS) is 18.4. The average Bonchev–Trinajstić information content (AvgIpc) is 2.25. The van der Waals surface area contributed by atoms with Crippen molar-refractivity contribution in [3.05, 3.63) is 0 Å². The van der Waals surface area contributed by atoms with Crippen LogP contribution in [0.3, 0.4) is 0 Å². The molecule has 1 rings (SSSR count). The van der Waals surface area contributed by atoms with Crippen LogP contribution in [-0.2, 0) is 0 Å². The highest BCUT2D eigenvalue weighted by molar-refractivity contribution is 4.76. The molecule has 2 heteroatoms. The van der Waals surface area contributed by atoms with Crippen molar-refractivity contribution in [2.24, 2.45) is 11.8 Å². The minimum Gasteiger partial charge on any atom is -0.271 e. The van der Waals surface area contributed by atoms with Gasteiger partial charge in [-0.2, -0.15) is 0 Å². The third-order valence-corrected chi connectivity index (χ3v) is 3.98. The van der Waals surface area contributed by atoms with Crippen molar-refractivity contribution in [2.75, 3.05) is 0 Å². The highest BCUT2D eigenvalue weighted by Gasteiger charge is 2.20. The largest absolute Gasteiger partial charge is 0.271 e. The standard InChI is InChI=1S/C14H30N2/c1-2-3-4-5-6-7-11-14(16-15)12-13-9-8-10-13/h13-14,16H,2-12,15H2,1H3. The van der Waals surface area contributed by atoms with Crippen LogP contribution in [-0.4, -0.2) is 6.04 Å². The molecule has 0 saturated heterocycles. The maximum atomic E-state index is 5.61. The molecule has 1 aliphatic rings. The summed E-state index contributed by atoms with van der Waals surface area (Å²) in [5, 5.41) is 0. The van der Waals surface area contributed by atoms with Gasteiger partial charge in [-0.1, -0.05) is 64.7 Å². The Hall–Kier alpha value is -0.0800. The highest BCUT2D eigenvalue weighted by Crippen LogP contribution is 2.31. The molecule has 96 valence electrons. The van der Waals surface area contributed by atoms with Crippen LogP contribution in [0.2, 0.25) is 0 Å². The molecule has 0 bridgehead atoms. The topological polar surface area (TPSA) is 38.0 Å². The third kappa shape index (κ3) is 5.86. The van der Waals surface area contributed by atoms with E-state index in [1.165, 1.54) is 70.6 Å². The third-order valence-electron chi connectivity index (χ3n) is 3.98. The van der Waals surface area contributed by atoms with Gasteiger partial charge in [-0.05, 0) is 18.8 Å². The van der Waals surface area contributed by atoms with Crippen LogP contribution in [0.1, 0.15) is 77.6 Å². The van der Waals surface area contributed by atoms with Crippen LogP contribution in [0, 0.1) is 5.92 Å². The quantitative estimate of drug-likeness (QED) is 0.338. The van der Waals surface area contributed by atoms with Crippen molar-refractivity contribution in [1.29, 1.82) is 0 Å². The fourth-order valence-corrected chi connectivity index (χ4v) is 2.57. The first-order valence-electron chi connectivity index (χ1n) is 7.33. The Bertz CT molecular complexity index is 155. The Morgan fingerprint density at radius 1 is 1.12 bits per heavy atom. The number of hydrazine groups is 1. The lowest BCUT2D eigenvalue weighted by Gasteiger charge is -2.29. The number of hydrogen-bond donors (Lipinski definition) is 2. The van der Waals surface area contributed by atoms with E-state index in [-0.39, 0.29) is 0 Å². The van der Waals surface area contributed by atoms with E-state index >= 15 is 0 Å². The first-order chi connectivity index (χ1) is 7.86. The fourth-order valence-electron chi connectivity index (χ4n) is 2.57. The lowest BCUT2D eigenvalue weighted by atomic mass is 9.80. The summed E-state index contributed by atoms with van der Waals surface area (Å²) >= 11 is 0. The zero-order valence-corrected chi connectivity index (χ0v) is 11.0. The van der Waals surface area contributed by atoms with E-state index in [1.54, 1.807) is 0 Å². The van der Waals surface area contributed by atoms with Crippen molar-refractivity contribution in [3.8, 4) is 0 Å². The second kappa shape index (κ2) is 9.00. The van der Waals surface area contributed by atoms with Gasteiger partial charge in [0.2, 0.25) is 0 Å². The monoisotopic (exact) mass is 226 g/mol. The molecular formula is C14H30N2. The number of nitrogens with two attached hydrogens (primary N) is 1. The summed E-state index contributed by atoms with van der Waals surface area (Å²) in [5.74, 6) is 6.59. The molecular weight excluding hydrogens is 196 g/mol. The van der Waals surface area contributed by atoms with Gasteiger partial charge in [0.15, 0.2) is 0 Å². The minimum atomic E-state index is 0.580. The maximum Gasteiger partial charge on any atom is 0.0213 e. The van der Waals surface area contributed by atoms with Crippen molar-refractivity contribution < 1.29 is 0 Å². The molecule has 3 N–H and O–H groups in total. The van der Waals surface area contributed by atoms with Crippen LogP contribution < -0.4 is 11.3 Å². The molecule has 0 aromatic rings. The van der Waals surface area contributed by atoms with Crippen LogP contribution >= 0.6 is 0 Å². The Balaban J connectivity index is 1.91.